The monoisotopic (exact) mass is 200 g/mol. The van der Waals surface area contributed by atoms with Crippen LogP contribution in [0.5, 0.6) is 0 Å². The summed E-state index contributed by atoms with van der Waals surface area (Å²) in [6.45, 7) is 7.43. The predicted octanol–water partition coefficient (Wildman–Crippen LogP) is 2.35. The van der Waals surface area contributed by atoms with Gasteiger partial charge in [-0.1, -0.05) is 27.7 Å². The minimum absolute atomic E-state index is 0.0107. The van der Waals surface area contributed by atoms with Gasteiger partial charge in [0, 0.05) is 12.3 Å². The summed E-state index contributed by atoms with van der Waals surface area (Å²) in [6.07, 6.45) is 0.844. The maximum Gasteiger partial charge on any atom is 0.306 e. The molecule has 0 aliphatic carbocycles. The molecular formula is C11H20O3. The zero-order valence-electron chi connectivity index (χ0n) is 9.41. The number of carbonyl (C=O) groups excluding carboxylic acids is 1. The van der Waals surface area contributed by atoms with E-state index in [0.717, 1.165) is 0 Å². The van der Waals surface area contributed by atoms with Crippen molar-refractivity contribution in [3.63, 3.8) is 0 Å². The summed E-state index contributed by atoms with van der Waals surface area (Å²) >= 11 is 0. The molecule has 0 aromatic carbocycles. The Bertz CT molecular complexity index is 207. The number of aliphatic carboxylic acids is 1. The first-order chi connectivity index (χ1) is 6.36. The lowest BCUT2D eigenvalue weighted by molar-refractivity contribution is -0.143. The Morgan fingerprint density at radius 1 is 1.14 bits per heavy atom. The number of carboxylic acids is 1. The smallest absolute Gasteiger partial charge is 0.306 e. The van der Waals surface area contributed by atoms with E-state index < -0.39 is 11.9 Å². The first-order valence-electron chi connectivity index (χ1n) is 5.11. The van der Waals surface area contributed by atoms with Crippen molar-refractivity contribution in [3.05, 3.63) is 0 Å². The Hall–Kier alpha value is -0.860. The average molecular weight is 200 g/mol. The summed E-state index contributed by atoms with van der Waals surface area (Å²) in [5, 5.41) is 8.88. The van der Waals surface area contributed by atoms with Gasteiger partial charge in [-0.2, -0.15) is 0 Å². The fourth-order valence-corrected chi connectivity index (χ4v) is 1.33. The van der Waals surface area contributed by atoms with E-state index in [0.29, 0.717) is 12.8 Å². The molecule has 0 amide bonds. The molecule has 0 fully saturated rings. The van der Waals surface area contributed by atoms with Crippen molar-refractivity contribution >= 4 is 11.8 Å². The fraction of sp³-hybridized carbons (Fsp3) is 0.818. The zero-order chi connectivity index (χ0) is 11.3. The Balaban J connectivity index is 4.08. The van der Waals surface area contributed by atoms with Crippen LogP contribution in [0.4, 0.5) is 0 Å². The molecule has 0 bridgehead atoms. The van der Waals surface area contributed by atoms with Gasteiger partial charge in [0.2, 0.25) is 0 Å². The molecule has 0 rings (SSSR count). The second-order valence-electron chi connectivity index (χ2n) is 4.35. The molecule has 0 saturated carbocycles. The van der Waals surface area contributed by atoms with Crippen LogP contribution in [0.1, 0.15) is 40.5 Å². The number of carboxylic acid groups (broad SMARTS) is 1. The highest BCUT2D eigenvalue weighted by Crippen LogP contribution is 2.18. The molecule has 0 heterocycles. The molecule has 0 aliphatic heterocycles. The molecule has 1 N–H and O–H groups in total. The summed E-state index contributed by atoms with van der Waals surface area (Å²) in [6, 6.07) is 0. The average Bonchev–Trinajstić information content (AvgIpc) is 2.02. The highest BCUT2D eigenvalue weighted by atomic mass is 16.4. The first kappa shape index (κ1) is 13.1. The van der Waals surface area contributed by atoms with Crippen molar-refractivity contribution in [1.82, 2.24) is 0 Å². The molecule has 14 heavy (non-hydrogen) atoms. The van der Waals surface area contributed by atoms with Gasteiger partial charge in [0.25, 0.3) is 0 Å². The Labute approximate surface area is 85.5 Å². The maximum absolute atomic E-state index is 11.3. The second-order valence-corrected chi connectivity index (χ2v) is 4.35. The van der Waals surface area contributed by atoms with Crippen molar-refractivity contribution in [1.29, 1.82) is 0 Å². The van der Waals surface area contributed by atoms with Crippen LogP contribution in [0.15, 0.2) is 0 Å². The summed E-state index contributed by atoms with van der Waals surface area (Å²) in [5.41, 5.74) is 0. The van der Waals surface area contributed by atoms with Gasteiger partial charge in [-0.05, 0) is 12.3 Å². The van der Waals surface area contributed by atoms with Gasteiger partial charge >= 0.3 is 5.97 Å². The Morgan fingerprint density at radius 2 is 1.64 bits per heavy atom. The minimum Gasteiger partial charge on any atom is -0.481 e. The summed E-state index contributed by atoms with van der Waals surface area (Å²) in [7, 11) is 0. The van der Waals surface area contributed by atoms with Crippen LogP contribution in [0.25, 0.3) is 0 Å². The van der Waals surface area contributed by atoms with Crippen LogP contribution in [0, 0.1) is 17.8 Å². The third-order valence-electron chi connectivity index (χ3n) is 2.47. The van der Waals surface area contributed by atoms with E-state index >= 15 is 0 Å². The third kappa shape index (κ3) is 4.40. The molecule has 3 heteroatoms. The van der Waals surface area contributed by atoms with Crippen LogP contribution in [-0.4, -0.2) is 16.9 Å². The van der Waals surface area contributed by atoms with Gasteiger partial charge in [0.05, 0.1) is 5.92 Å². The van der Waals surface area contributed by atoms with Crippen LogP contribution >= 0.6 is 0 Å². The van der Waals surface area contributed by atoms with Crippen molar-refractivity contribution in [2.24, 2.45) is 17.8 Å². The van der Waals surface area contributed by atoms with Gasteiger partial charge in [-0.25, -0.2) is 0 Å². The van der Waals surface area contributed by atoms with Gasteiger partial charge < -0.3 is 5.11 Å². The molecule has 1 unspecified atom stereocenters. The number of carbonyl (C=O) groups is 2. The standard InChI is InChI=1S/C11H20O3/c1-7(2)9(11(13)14)5-6-10(12)8(3)4/h7-9H,5-6H2,1-4H3,(H,13,14). The molecule has 0 aromatic heterocycles. The molecule has 0 saturated heterocycles. The largest absolute Gasteiger partial charge is 0.481 e. The molecular weight excluding hydrogens is 180 g/mol. The van der Waals surface area contributed by atoms with Gasteiger partial charge in [-0.15, -0.1) is 0 Å². The molecule has 0 radical (unpaired) electrons. The minimum atomic E-state index is -0.795. The van der Waals surface area contributed by atoms with E-state index in [9.17, 15) is 9.59 Å². The number of Topliss-reactive ketones (excluding diaryl/α,β-unsaturated/α-hetero) is 1. The van der Waals surface area contributed by atoms with Crippen molar-refractivity contribution in [2.45, 2.75) is 40.5 Å². The Kier molecular flexibility index (Phi) is 5.43. The van der Waals surface area contributed by atoms with Gasteiger partial charge in [0.15, 0.2) is 0 Å². The van der Waals surface area contributed by atoms with E-state index in [1.165, 1.54) is 0 Å². The van der Waals surface area contributed by atoms with E-state index in [2.05, 4.69) is 0 Å². The first-order valence-corrected chi connectivity index (χ1v) is 5.11. The summed E-state index contributed by atoms with van der Waals surface area (Å²) < 4.78 is 0. The highest BCUT2D eigenvalue weighted by Gasteiger charge is 2.22. The lowest BCUT2D eigenvalue weighted by Gasteiger charge is -2.15. The Morgan fingerprint density at radius 3 is 1.93 bits per heavy atom. The number of hydrogen-bond donors (Lipinski definition) is 1. The lowest BCUT2D eigenvalue weighted by Crippen LogP contribution is -2.21. The molecule has 1 atom stereocenters. The zero-order valence-corrected chi connectivity index (χ0v) is 9.41. The maximum atomic E-state index is 11.3. The van der Waals surface area contributed by atoms with E-state index in [1.807, 2.05) is 27.7 Å². The number of rotatable bonds is 6. The van der Waals surface area contributed by atoms with E-state index in [-0.39, 0.29) is 17.6 Å². The van der Waals surface area contributed by atoms with Crippen molar-refractivity contribution < 1.29 is 14.7 Å². The summed E-state index contributed by atoms with van der Waals surface area (Å²) in [5.74, 6) is -0.935. The predicted molar refractivity (Wildman–Crippen MR) is 55.0 cm³/mol. The molecule has 0 aromatic rings. The van der Waals surface area contributed by atoms with E-state index in [1.54, 1.807) is 0 Å². The van der Waals surface area contributed by atoms with Crippen LogP contribution in [0.2, 0.25) is 0 Å². The molecule has 0 spiro atoms. The number of ketones is 1. The van der Waals surface area contributed by atoms with Crippen LogP contribution < -0.4 is 0 Å². The lowest BCUT2D eigenvalue weighted by atomic mass is 9.89. The highest BCUT2D eigenvalue weighted by molar-refractivity contribution is 5.81. The van der Waals surface area contributed by atoms with E-state index in [4.69, 9.17) is 5.11 Å². The van der Waals surface area contributed by atoms with Crippen LogP contribution in [-0.2, 0) is 9.59 Å². The normalized spacial score (nSPS) is 13.3. The van der Waals surface area contributed by atoms with Crippen LogP contribution in [0.3, 0.4) is 0 Å². The number of hydrogen-bond acceptors (Lipinski definition) is 2. The fourth-order valence-electron chi connectivity index (χ4n) is 1.33. The molecule has 0 aliphatic rings. The SMILES string of the molecule is CC(C)C(=O)CCC(C(=O)O)C(C)C. The van der Waals surface area contributed by atoms with Gasteiger partial charge in [0.1, 0.15) is 5.78 Å². The van der Waals surface area contributed by atoms with Crippen molar-refractivity contribution in [2.75, 3.05) is 0 Å². The third-order valence-corrected chi connectivity index (χ3v) is 2.47. The molecule has 82 valence electrons. The topological polar surface area (TPSA) is 54.4 Å². The van der Waals surface area contributed by atoms with Crippen molar-refractivity contribution in [3.8, 4) is 0 Å². The summed E-state index contributed by atoms with van der Waals surface area (Å²) in [4.78, 5) is 22.1. The van der Waals surface area contributed by atoms with Gasteiger partial charge in [-0.3, -0.25) is 9.59 Å². The molecule has 3 nitrogen and oxygen atoms in total. The second kappa shape index (κ2) is 5.78. The quantitative estimate of drug-likeness (QED) is 0.716.